The van der Waals surface area contributed by atoms with Crippen LogP contribution in [0.2, 0.25) is 0 Å². The van der Waals surface area contributed by atoms with E-state index in [1.165, 1.54) is 6.26 Å². The third-order valence-electron chi connectivity index (χ3n) is 5.25. The van der Waals surface area contributed by atoms with Gasteiger partial charge in [-0.25, -0.2) is 8.42 Å². The molecule has 0 spiro atoms. The molecule has 0 aromatic heterocycles. The zero-order valence-electron chi connectivity index (χ0n) is 14.8. The predicted molar refractivity (Wildman–Crippen MR) is 92.1 cm³/mol. The molecule has 0 radical (unpaired) electrons. The molecule has 7 nitrogen and oxygen atoms in total. The van der Waals surface area contributed by atoms with Crippen molar-refractivity contribution in [3.63, 3.8) is 0 Å². The molecule has 1 aliphatic carbocycles. The van der Waals surface area contributed by atoms with Gasteiger partial charge in [0.2, 0.25) is 10.0 Å². The number of aliphatic imine (C=N–C) groups is 1. The average molecular weight is 346 g/mol. The Balaban J connectivity index is 1.87. The molecule has 1 saturated carbocycles. The monoisotopic (exact) mass is 346 g/mol. The summed E-state index contributed by atoms with van der Waals surface area (Å²) in [4.78, 5) is 4.26. The van der Waals surface area contributed by atoms with Crippen molar-refractivity contribution in [3.05, 3.63) is 0 Å². The van der Waals surface area contributed by atoms with Gasteiger partial charge in [-0.3, -0.25) is 4.99 Å². The summed E-state index contributed by atoms with van der Waals surface area (Å²) in [6.45, 7) is 5.55. The van der Waals surface area contributed by atoms with Crippen molar-refractivity contribution in [1.82, 2.24) is 14.9 Å². The number of sulfonamides is 1. The molecule has 2 unspecified atom stereocenters. The topological polar surface area (TPSA) is 83.0 Å². The quantitative estimate of drug-likeness (QED) is 0.556. The summed E-state index contributed by atoms with van der Waals surface area (Å²) in [5, 5.41) is 6.70. The lowest BCUT2D eigenvalue weighted by Crippen LogP contribution is -2.63. The molecule has 0 aromatic carbocycles. The van der Waals surface area contributed by atoms with Crippen LogP contribution < -0.4 is 10.6 Å². The first-order valence-electron chi connectivity index (χ1n) is 8.17. The fraction of sp³-hybridized carbons (Fsp3) is 0.933. The normalized spacial score (nSPS) is 31.7. The maximum atomic E-state index is 11.8. The highest BCUT2D eigenvalue weighted by molar-refractivity contribution is 7.88. The molecule has 3 atom stereocenters. The van der Waals surface area contributed by atoms with Gasteiger partial charge in [-0.15, -0.1) is 0 Å². The molecule has 2 rings (SSSR count). The molecule has 8 heteroatoms. The summed E-state index contributed by atoms with van der Waals surface area (Å²) < 4.78 is 30.6. The van der Waals surface area contributed by atoms with E-state index < -0.39 is 10.0 Å². The Labute approximate surface area is 139 Å². The van der Waals surface area contributed by atoms with E-state index in [9.17, 15) is 8.42 Å². The lowest BCUT2D eigenvalue weighted by atomic mass is 9.64. The van der Waals surface area contributed by atoms with Crippen molar-refractivity contribution in [1.29, 1.82) is 0 Å². The first kappa shape index (κ1) is 18.5. The van der Waals surface area contributed by atoms with E-state index in [0.29, 0.717) is 19.1 Å². The van der Waals surface area contributed by atoms with Gasteiger partial charge in [0, 0.05) is 44.7 Å². The number of rotatable bonds is 5. The minimum absolute atomic E-state index is 0.00433. The molecule has 0 aromatic rings. The highest BCUT2D eigenvalue weighted by Gasteiger charge is 2.49. The van der Waals surface area contributed by atoms with Crippen molar-refractivity contribution in [3.8, 4) is 0 Å². The second-order valence-electron chi connectivity index (χ2n) is 7.10. The first-order valence-corrected chi connectivity index (χ1v) is 10.0. The standard InChI is InChI=1S/C15H30N4O3S/c1-15(2)12(9-13(15)22-4)18-14(16-3)17-10-11-7-6-8-19(11)23(5,20)21/h11-13H,6-10H2,1-5H3,(H2,16,17,18)/t11-,12?,13?/m1/s1. The van der Waals surface area contributed by atoms with Gasteiger partial charge in [0.15, 0.2) is 5.96 Å². The average Bonchev–Trinajstić information content (AvgIpc) is 2.94. The van der Waals surface area contributed by atoms with Crippen molar-refractivity contribution in [2.75, 3.05) is 33.5 Å². The number of hydrogen-bond donors (Lipinski definition) is 2. The van der Waals surface area contributed by atoms with Crippen LogP contribution in [-0.2, 0) is 14.8 Å². The lowest BCUT2D eigenvalue weighted by molar-refractivity contribution is -0.0922. The summed E-state index contributed by atoms with van der Waals surface area (Å²) in [5.74, 6) is 0.720. The number of guanidine groups is 1. The summed E-state index contributed by atoms with van der Waals surface area (Å²) in [7, 11) is 0.344. The molecule has 2 aliphatic rings. The van der Waals surface area contributed by atoms with E-state index in [1.54, 1.807) is 18.5 Å². The fourth-order valence-electron chi connectivity index (χ4n) is 3.55. The van der Waals surface area contributed by atoms with Crippen LogP contribution >= 0.6 is 0 Å². The maximum absolute atomic E-state index is 11.8. The van der Waals surface area contributed by atoms with E-state index in [2.05, 4.69) is 29.5 Å². The Kier molecular flexibility index (Phi) is 5.58. The van der Waals surface area contributed by atoms with Gasteiger partial charge in [-0.2, -0.15) is 4.31 Å². The van der Waals surface area contributed by atoms with Crippen molar-refractivity contribution in [2.45, 2.75) is 51.3 Å². The Morgan fingerprint density at radius 1 is 1.43 bits per heavy atom. The van der Waals surface area contributed by atoms with Crippen molar-refractivity contribution < 1.29 is 13.2 Å². The predicted octanol–water partition coefficient (Wildman–Crippen LogP) is 0.389. The fourth-order valence-corrected chi connectivity index (χ4v) is 4.74. The molecule has 23 heavy (non-hydrogen) atoms. The van der Waals surface area contributed by atoms with Crippen LogP contribution in [0.1, 0.15) is 33.1 Å². The zero-order valence-corrected chi connectivity index (χ0v) is 15.6. The van der Waals surface area contributed by atoms with Crippen LogP contribution in [0, 0.1) is 5.41 Å². The van der Waals surface area contributed by atoms with Gasteiger partial charge < -0.3 is 15.4 Å². The van der Waals surface area contributed by atoms with Crippen LogP contribution in [-0.4, -0.2) is 70.4 Å². The lowest BCUT2D eigenvalue weighted by Gasteiger charge is -2.51. The zero-order chi connectivity index (χ0) is 17.3. The molecule has 0 amide bonds. The van der Waals surface area contributed by atoms with Crippen LogP contribution in [0.25, 0.3) is 0 Å². The Bertz CT molecular complexity index is 547. The maximum Gasteiger partial charge on any atom is 0.211 e. The number of methoxy groups -OCH3 is 1. The van der Waals surface area contributed by atoms with Gasteiger partial charge in [-0.05, 0) is 19.3 Å². The number of nitrogens with zero attached hydrogens (tertiary/aromatic N) is 2. The van der Waals surface area contributed by atoms with E-state index in [4.69, 9.17) is 4.74 Å². The molecule has 0 bridgehead atoms. The van der Waals surface area contributed by atoms with E-state index >= 15 is 0 Å². The minimum atomic E-state index is -3.14. The van der Waals surface area contributed by atoms with Crippen LogP contribution in [0.4, 0.5) is 0 Å². The largest absolute Gasteiger partial charge is 0.381 e. The van der Waals surface area contributed by atoms with E-state index in [-0.39, 0.29) is 17.6 Å². The Morgan fingerprint density at radius 2 is 2.13 bits per heavy atom. The SMILES string of the molecule is CN=C(NC[C@H]1CCCN1S(C)(=O)=O)NC1CC(OC)C1(C)C. The molecule has 2 N–H and O–H groups in total. The van der Waals surface area contributed by atoms with Crippen molar-refractivity contribution in [2.24, 2.45) is 10.4 Å². The molecule has 2 fully saturated rings. The minimum Gasteiger partial charge on any atom is -0.381 e. The first-order chi connectivity index (χ1) is 10.7. The Hall–Kier alpha value is -0.860. The van der Waals surface area contributed by atoms with Crippen LogP contribution in [0.15, 0.2) is 4.99 Å². The third kappa shape index (κ3) is 3.97. The number of hydrogen-bond acceptors (Lipinski definition) is 4. The summed E-state index contributed by atoms with van der Waals surface area (Å²) in [6.07, 6.45) is 4.28. The third-order valence-corrected chi connectivity index (χ3v) is 6.58. The number of ether oxygens (including phenoxy) is 1. The molecular weight excluding hydrogens is 316 g/mol. The highest BCUT2D eigenvalue weighted by atomic mass is 32.2. The van der Waals surface area contributed by atoms with Gasteiger partial charge in [0.25, 0.3) is 0 Å². The second-order valence-corrected chi connectivity index (χ2v) is 9.04. The van der Waals surface area contributed by atoms with Gasteiger partial charge >= 0.3 is 0 Å². The van der Waals surface area contributed by atoms with Crippen molar-refractivity contribution >= 4 is 16.0 Å². The molecule has 134 valence electrons. The van der Waals surface area contributed by atoms with Crippen LogP contribution in [0.3, 0.4) is 0 Å². The summed E-state index contributed by atoms with van der Waals surface area (Å²) in [6, 6.07) is 0.304. The molecule has 1 saturated heterocycles. The van der Waals surface area contributed by atoms with Gasteiger partial charge in [0.1, 0.15) is 0 Å². The smallest absolute Gasteiger partial charge is 0.211 e. The second kappa shape index (κ2) is 6.94. The van der Waals surface area contributed by atoms with Crippen LogP contribution in [0.5, 0.6) is 0 Å². The summed E-state index contributed by atoms with van der Waals surface area (Å²) in [5.41, 5.74) is 0.0541. The number of nitrogens with one attached hydrogen (secondary N) is 2. The van der Waals surface area contributed by atoms with Gasteiger partial charge in [-0.1, -0.05) is 13.8 Å². The summed E-state index contributed by atoms with van der Waals surface area (Å²) >= 11 is 0. The van der Waals surface area contributed by atoms with Gasteiger partial charge in [0.05, 0.1) is 12.4 Å². The molecule has 1 aliphatic heterocycles. The highest BCUT2D eigenvalue weighted by Crippen LogP contribution is 2.42. The molecule has 1 heterocycles. The van der Waals surface area contributed by atoms with E-state index in [0.717, 1.165) is 25.2 Å². The van der Waals surface area contributed by atoms with E-state index in [1.807, 2.05) is 0 Å². The molecular formula is C15H30N4O3S. The Morgan fingerprint density at radius 3 is 2.65 bits per heavy atom.